The third-order valence-electron chi connectivity index (χ3n) is 2.59. The molecule has 1 saturated heterocycles. The Kier molecular flexibility index (Phi) is 2.85. The van der Waals surface area contributed by atoms with Crippen LogP contribution in [-0.2, 0) is 11.2 Å². The molecule has 0 radical (unpaired) electrons. The molecule has 1 aromatic heterocycles. The first-order valence-electron chi connectivity index (χ1n) is 5.17. The van der Waals surface area contributed by atoms with Gasteiger partial charge in [-0.3, -0.25) is 4.79 Å². The largest absolute Gasteiger partial charge is 0.481 e. The van der Waals surface area contributed by atoms with Crippen molar-refractivity contribution in [2.75, 3.05) is 18.0 Å². The lowest BCUT2D eigenvalue weighted by atomic mass is 10.2. The SMILES string of the molecule is O=C(O)Cc1ccc(N2CCCC2)nc1. The van der Waals surface area contributed by atoms with Gasteiger partial charge in [0.15, 0.2) is 0 Å². The van der Waals surface area contributed by atoms with Gasteiger partial charge in [-0.15, -0.1) is 0 Å². The predicted molar refractivity (Wildman–Crippen MR) is 57.0 cm³/mol. The van der Waals surface area contributed by atoms with Crippen LogP contribution >= 0.6 is 0 Å². The molecule has 0 amide bonds. The summed E-state index contributed by atoms with van der Waals surface area (Å²) in [6.07, 6.45) is 4.15. The number of anilines is 1. The topological polar surface area (TPSA) is 53.4 Å². The van der Waals surface area contributed by atoms with E-state index in [1.807, 2.05) is 12.1 Å². The Morgan fingerprint density at radius 2 is 2.13 bits per heavy atom. The third-order valence-corrected chi connectivity index (χ3v) is 2.59. The maximum absolute atomic E-state index is 10.5. The van der Waals surface area contributed by atoms with Crippen LogP contribution in [0.2, 0.25) is 0 Å². The minimum Gasteiger partial charge on any atom is -0.481 e. The second kappa shape index (κ2) is 4.29. The second-order valence-corrected chi connectivity index (χ2v) is 3.79. The van der Waals surface area contributed by atoms with Crippen LogP contribution < -0.4 is 4.90 Å². The van der Waals surface area contributed by atoms with E-state index < -0.39 is 5.97 Å². The lowest BCUT2D eigenvalue weighted by molar-refractivity contribution is -0.136. The van der Waals surface area contributed by atoms with Crippen molar-refractivity contribution in [2.45, 2.75) is 19.3 Å². The summed E-state index contributed by atoms with van der Waals surface area (Å²) >= 11 is 0. The fourth-order valence-corrected chi connectivity index (χ4v) is 1.83. The van der Waals surface area contributed by atoms with Gasteiger partial charge in [-0.25, -0.2) is 4.98 Å². The fourth-order valence-electron chi connectivity index (χ4n) is 1.83. The molecular formula is C11H14N2O2. The lowest BCUT2D eigenvalue weighted by Gasteiger charge is -2.15. The smallest absolute Gasteiger partial charge is 0.307 e. The zero-order valence-corrected chi connectivity index (χ0v) is 8.52. The summed E-state index contributed by atoms with van der Waals surface area (Å²) in [7, 11) is 0. The predicted octanol–water partition coefficient (Wildman–Crippen LogP) is 1.31. The van der Waals surface area contributed by atoms with Gasteiger partial charge in [0.1, 0.15) is 5.82 Å². The monoisotopic (exact) mass is 206 g/mol. The molecular weight excluding hydrogens is 192 g/mol. The van der Waals surface area contributed by atoms with Crippen molar-refractivity contribution in [3.8, 4) is 0 Å². The lowest BCUT2D eigenvalue weighted by Crippen LogP contribution is -2.18. The van der Waals surface area contributed by atoms with E-state index in [0.29, 0.717) is 0 Å². The van der Waals surface area contributed by atoms with E-state index in [9.17, 15) is 4.79 Å². The van der Waals surface area contributed by atoms with Crippen molar-refractivity contribution in [2.24, 2.45) is 0 Å². The Hall–Kier alpha value is -1.58. The first-order chi connectivity index (χ1) is 7.25. The van der Waals surface area contributed by atoms with E-state index >= 15 is 0 Å². The van der Waals surface area contributed by atoms with Gasteiger partial charge in [0.05, 0.1) is 6.42 Å². The molecule has 0 aromatic carbocycles. The molecule has 1 fully saturated rings. The van der Waals surface area contributed by atoms with E-state index in [0.717, 1.165) is 24.5 Å². The molecule has 0 atom stereocenters. The molecule has 0 spiro atoms. The number of hydrogen-bond donors (Lipinski definition) is 1. The van der Waals surface area contributed by atoms with Gasteiger partial charge >= 0.3 is 5.97 Å². The van der Waals surface area contributed by atoms with Crippen LogP contribution in [0.1, 0.15) is 18.4 Å². The van der Waals surface area contributed by atoms with Gasteiger partial charge in [0.2, 0.25) is 0 Å². The van der Waals surface area contributed by atoms with Crippen molar-refractivity contribution in [3.05, 3.63) is 23.9 Å². The molecule has 15 heavy (non-hydrogen) atoms. The molecule has 2 heterocycles. The number of nitrogens with zero attached hydrogens (tertiary/aromatic N) is 2. The minimum absolute atomic E-state index is 0.0489. The van der Waals surface area contributed by atoms with E-state index in [1.54, 1.807) is 6.20 Å². The van der Waals surface area contributed by atoms with Crippen LogP contribution in [0.25, 0.3) is 0 Å². The second-order valence-electron chi connectivity index (χ2n) is 3.79. The number of aliphatic carboxylic acids is 1. The molecule has 2 rings (SSSR count). The Labute approximate surface area is 88.6 Å². The molecule has 1 aliphatic heterocycles. The Morgan fingerprint density at radius 1 is 1.40 bits per heavy atom. The van der Waals surface area contributed by atoms with Gasteiger partial charge < -0.3 is 10.0 Å². The molecule has 4 nitrogen and oxygen atoms in total. The highest BCUT2D eigenvalue weighted by Gasteiger charge is 2.13. The molecule has 80 valence electrons. The Morgan fingerprint density at radius 3 is 2.67 bits per heavy atom. The summed E-state index contributed by atoms with van der Waals surface area (Å²) in [5.74, 6) is 0.146. The molecule has 0 unspecified atom stereocenters. The molecule has 1 aromatic rings. The van der Waals surface area contributed by atoms with Crippen molar-refractivity contribution in [1.82, 2.24) is 4.98 Å². The summed E-state index contributed by atoms with van der Waals surface area (Å²) in [6, 6.07) is 3.75. The van der Waals surface area contributed by atoms with Gasteiger partial charge in [-0.05, 0) is 24.5 Å². The fraction of sp³-hybridized carbons (Fsp3) is 0.455. The van der Waals surface area contributed by atoms with Crippen molar-refractivity contribution in [1.29, 1.82) is 0 Å². The summed E-state index contributed by atoms with van der Waals surface area (Å²) in [6.45, 7) is 2.12. The summed E-state index contributed by atoms with van der Waals surface area (Å²) in [4.78, 5) is 17.0. The Bertz CT molecular complexity index is 342. The minimum atomic E-state index is -0.814. The van der Waals surface area contributed by atoms with Crippen molar-refractivity contribution >= 4 is 11.8 Å². The number of aromatic nitrogens is 1. The zero-order chi connectivity index (χ0) is 10.7. The van der Waals surface area contributed by atoms with E-state index in [2.05, 4.69) is 9.88 Å². The molecule has 4 heteroatoms. The maximum Gasteiger partial charge on any atom is 0.307 e. The maximum atomic E-state index is 10.5. The number of pyridine rings is 1. The highest BCUT2D eigenvalue weighted by molar-refractivity contribution is 5.70. The quantitative estimate of drug-likeness (QED) is 0.810. The van der Waals surface area contributed by atoms with Crippen LogP contribution in [0.4, 0.5) is 5.82 Å². The Balaban J connectivity index is 2.06. The number of carbonyl (C=O) groups is 1. The highest BCUT2D eigenvalue weighted by Crippen LogP contribution is 2.17. The van der Waals surface area contributed by atoms with Gasteiger partial charge in [-0.2, -0.15) is 0 Å². The van der Waals surface area contributed by atoms with Crippen LogP contribution in [0.5, 0.6) is 0 Å². The van der Waals surface area contributed by atoms with Gasteiger partial charge in [0, 0.05) is 19.3 Å². The molecule has 0 saturated carbocycles. The average molecular weight is 206 g/mol. The summed E-state index contributed by atoms with van der Waals surface area (Å²) < 4.78 is 0. The molecule has 1 aliphatic rings. The van der Waals surface area contributed by atoms with E-state index in [-0.39, 0.29) is 6.42 Å². The molecule has 0 bridgehead atoms. The molecule has 0 aliphatic carbocycles. The first kappa shape index (κ1) is 9.96. The first-order valence-corrected chi connectivity index (χ1v) is 5.17. The number of carboxylic acid groups (broad SMARTS) is 1. The van der Waals surface area contributed by atoms with Gasteiger partial charge in [0.25, 0.3) is 0 Å². The van der Waals surface area contributed by atoms with Crippen molar-refractivity contribution in [3.63, 3.8) is 0 Å². The molecule has 1 N–H and O–H groups in total. The van der Waals surface area contributed by atoms with Gasteiger partial charge in [-0.1, -0.05) is 6.07 Å². The summed E-state index contributed by atoms with van der Waals surface area (Å²) in [5.41, 5.74) is 0.755. The normalized spacial score (nSPS) is 15.6. The number of carboxylic acids is 1. The standard InChI is InChI=1S/C11H14N2O2/c14-11(15)7-9-3-4-10(12-8-9)13-5-1-2-6-13/h3-4,8H,1-2,5-7H2,(H,14,15). The summed E-state index contributed by atoms with van der Waals surface area (Å²) in [5, 5.41) is 8.61. The van der Waals surface area contributed by atoms with E-state index in [4.69, 9.17) is 5.11 Å². The average Bonchev–Trinajstić information content (AvgIpc) is 2.71. The van der Waals surface area contributed by atoms with E-state index in [1.165, 1.54) is 12.8 Å². The number of hydrogen-bond acceptors (Lipinski definition) is 3. The highest BCUT2D eigenvalue weighted by atomic mass is 16.4. The van der Waals surface area contributed by atoms with Crippen LogP contribution in [-0.4, -0.2) is 29.1 Å². The van der Waals surface area contributed by atoms with Crippen molar-refractivity contribution < 1.29 is 9.90 Å². The van der Waals surface area contributed by atoms with Crippen LogP contribution in [0.15, 0.2) is 18.3 Å². The number of rotatable bonds is 3. The zero-order valence-electron chi connectivity index (χ0n) is 8.52. The van der Waals surface area contributed by atoms with Crippen LogP contribution in [0, 0.1) is 0 Å². The third kappa shape index (κ3) is 2.46. The van der Waals surface area contributed by atoms with Crippen LogP contribution in [0.3, 0.4) is 0 Å².